The Morgan fingerprint density at radius 1 is 0.872 bits per heavy atom. The van der Waals surface area contributed by atoms with E-state index >= 15 is 0 Å². The van der Waals surface area contributed by atoms with E-state index in [9.17, 15) is 19.6 Å². The second-order valence-electron chi connectivity index (χ2n) is 10.6. The summed E-state index contributed by atoms with van der Waals surface area (Å²) in [6, 6.07) is 19.2. The van der Waals surface area contributed by atoms with Crippen molar-refractivity contribution in [3.8, 4) is 0 Å². The van der Waals surface area contributed by atoms with Crippen LogP contribution in [0.15, 0.2) is 66.7 Å². The van der Waals surface area contributed by atoms with Crippen LogP contribution < -0.4 is 10.9 Å². The van der Waals surface area contributed by atoms with Gasteiger partial charge < -0.3 is 4.74 Å². The highest BCUT2D eigenvalue weighted by atomic mass is 16.5. The predicted molar refractivity (Wildman–Crippen MR) is 152 cm³/mol. The molecule has 0 saturated carbocycles. The molecule has 39 heavy (non-hydrogen) atoms. The Morgan fingerprint density at radius 2 is 1.49 bits per heavy atom. The van der Waals surface area contributed by atoms with Crippen molar-refractivity contribution < 1.29 is 24.3 Å². The number of hydrogen-bond donors (Lipinski definition) is 3. The van der Waals surface area contributed by atoms with E-state index in [0.717, 1.165) is 11.1 Å². The van der Waals surface area contributed by atoms with Crippen molar-refractivity contribution in [1.82, 2.24) is 15.9 Å². The molecule has 0 aliphatic carbocycles. The fraction of sp³-hybridized carbons (Fsp3) is 0.452. The minimum absolute atomic E-state index is 0.0736. The van der Waals surface area contributed by atoms with E-state index in [1.54, 1.807) is 12.4 Å². The summed E-state index contributed by atoms with van der Waals surface area (Å²) in [5, 5.41) is 10.8. The Hall–Kier alpha value is -3.49. The number of carbonyl (C=O) groups excluding carboxylic acids is 3. The molecular weight excluding hydrogens is 494 g/mol. The summed E-state index contributed by atoms with van der Waals surface area (Å²) in [6.45, 7) is 10.0. The molecule has 0 spiro atoms. The molecule has 0 unspecified atom stereocenters. The predicted octanol–water partition coefficient (Wildman–Crippen LogP) is 4.99. The molecule has 2 rings (SSSR count). The zero-order chi connectivity index (χ0) is 28.8. The van der Waals surface area contributed by atoms with E-state index in [4.69, 9.17) is 4.74 Å². The summed E-state index contributed by atoms with van der Waals surface area (Å²) >= 11 is 0. The minimum Gasteiger partial charge on any atom is -0.364 e. The van der Waals surface area contributed by atoms with Gasteiger partial charge in [-0.05, 0) is 42.7 Å². The molecule has 2 aromatic rings. The average molecular weight is 538 g/mol. The monoisotopic (exact) mass is 537 g/mol. The molecule has 0 aromatic heterocycles. The molecule has 8 nitrogen and oxygen atoms in total. The van der Waals surface area contributed by atoms with Crippen molar-refractivity contribution in [3.05, 3.63) is 77.9 Å². The van der Waals surface area contributed by atoms with Gasteiger partial charge in [-0.3, -0.25) is 30.0 Å². The number of ether oxygens (including phenoxy) is 1. The SMILES string of the molecule is CC(C)C[C@H](C(=O)NN(CC(C)C)C(=O)[C@@H](C)OCc1ccccc1)[C@H](CC=Cc1ccccc1)C(=O)NO. The van der Waals surface area contributed by atoms with Crippen LogP contribution in [0.2, 0.25) is 0 Å². The molecule has 0 aliphatic heterocycles. The Morgan fingerprint density at radius 3 is 2.05 bits per heavy atom. The molecule has 3 N–H and O–H groups in total. The van der Waals surface area contributed by atoms with Crippen LogP contribution in [0.3, 0.4) is 0 Å². The summed E-state index contributed by atoms with van der Waals surface area (Å²) in [5.74, 6) is -2.91. The summed E-state index contributed by atoms with van der Waals surface area (Å²) in [5.41, 5.74) is 6.41. The molecule has 2 aromatic carbocycles. The first kappa shape index (κ1) is 31.7. The molecule has 212 valence electrons. The van der Waals surface area contributed by atoms with E-state index in [-0.39, 0.29) is 37.3 Å². The summed E-state index contributed by atoms with van der Waals surface area (Å²) in [7, 11) is 0. The quantitative estimate of drug-likeness (QED) is 0.232. The van der Waals surface area contributed by atoms with Crippen LogP contribution in [-0.2, 0) is 25.7 Å². The van der Waals surface area contributed by atoms with Crippen molar-refractivity contribution >= 4 is 23.8 Å². The third kappa shape index (κ3) is 11.0. The number of hydrazine groups is 1. The number of hydrogen-bond acceptors (Lipinski definition) is 5. The van der Waals surface area contributed by atoms with Crippen LogP contribution in [0, 0.1) is 23.7 Å². The van der Waals surface area contributed by atoms with Gasteiger partial charge in [0, 0.05) is 6.54 Å². The third-order valence-electron chi connectivity index (χ3n) is 6.24. The van der Waals surface area contributed by atoms with Gasteiger partial charge in [-0.15, -0.1) is 0 Å². The van der Waals surface area contributed by atoms with Crippen molar-refractivity contribution in [1.29, 1.82) is 0 Å². The zero-order valence-corrected chi connectivity index (χ0v) is 23.7. The highest BCUT2D eigenvalue weighted by molar-refractivity contribution is 5.89. The van der Waals surface area contributed by atoms with Gasteiger partial charge in [-0.2, -0.15) is 0 Å². The topological polar surface area (TPSA) is 108 Å². The van der Waals surface area contributed by atoms with E-state index in [1.807, 2.05) is 101 Å². The molecule has 3 amide bonds. The molecule has 0 saturated heterocycles. The van der Waals surface area contributed by atoms with Gasteiger partial charge in [0.25, 0.3) is 5.91 Å². The van der Waals surface area contributed by atoms with E-state index < -0.39 is 29.8 Å². The number of hydroxylamine groups is 1. The van der Waals surface area contributed by atoms with Crippen molar-refractivity contribution in [2.45, 2.75) is 60.2 Å². The smallest absolute Gasteiger partial charge is 0.269 e. The summed E-state index contributed by atoms with van der Waals surface area (Å²) in [4.78, 5) is 39.7. The molecular formula is C31H43N3O5. The van der Waals surface area contributed by atoms with Gasteiger partial charge in [0.05, 0.1) is 18.4 Å². The lowest BCUT2D eigenvalue weighted by molar-refractivity contribution is -0.154. The van der Waals surface area contributed by atoms with Crippen LogP contribution in [0.25, 0.3) is 6.08 Å². The Balaban J connectivity index is 2.21. The summed E-state index contributed by atoms with van der Waals surface area (Å²) in [6.07, 6.45) is 3.54. The van der Waals surface area contributed by atoms with Gasteiger partial charge in [0.15, 0.2) is 0 Å². The number of amides is 3. The second-order valence-corrected chi connectivity index (χ2v) is 10.6. The molecule has 3 atom stereocenters. The lowest BCUT2D eigenvalue weighted by Crippen LogP contribution is -2.54. The Kier molecular flexibility index (Phi) is 13.4. The standard InChI is InChI=1S/C31H43N3O5/c1-22(2)19-28(27(30(36)33-38)18-12-17-25-13-8-6-9-14-25)29(35)32-34(20-23(3)4)31(37)24(5)39-21-26-15-10-7-11-16-26/h6-17,22-24,27-28,38H,18-21H2,1-5H3,(H,32,35)(H,33,36)/t24-,27+,28+/m1/s1. The number of allylic oxidation sites excluding steroid dienone is 1. The van der Waals surface area contributed by atoms with E-state index in [0.29, 0.717) is 6.42 Å². The van der Waals surface area contributed by atoms with Crippen LogP contribution in [-0.4, -0.2) is 40.6 Å². The maximum absolute atomic E-state index is 13.6. The number of rotatable bonds is 14. The van der Waals surface area contributed by atoms with Gasteiger partial charge in [0.2, 0.25) is 11.8 Å². The van der Waals surface area contributed by atoms with Crippen LogP contribution in [0.1, 0.15) is 58.6 Å². The van der Waals surface area contributed by atoms with Crippen molar-refractivity contribution in [2.75, 3.05) is 6.54 Å². The fourth-order valence-corrected chi connectivity index (χ4v) is 4.27. The van der Waals surface area contributed by atoms with Crippen molar-refractivity contribution in [3.63, 3.8) is 0 Å². The molecule has 0 aliphatic rings. The normalized spacial score (nSPS) is 13.7. The minimum atomic E-state index is -0.833. The van der Waals surface area contributed by atoms with Gasteiger partial charge in [-0.1, -0.05) is 101 Å². The van der Waals surface area contributed by atoms with E-state index in [2.05, 4.69) is 5.43 Å². The highest BCUT2D eigenvalue weighted by Gasteiger charge is 2.35. The number of nitrogens with one attached hydrogen (secondary N) is 2. The second kappa shape index (κ2) is 16.5. The first-order valence-electron chi connectivity index (χ1n) is 13.5. The summed E-state index contributed by atoms with van der Waals surface area (Å²) < 4.78 is 5.81. The van der Waals surface area contributed by atoms with Crippen LogP contribution in [0.4, 0.5) is 0 Å². The molecule has 0 fully saturated rings. The average Bonchev–Trinajstić information content (AvgIpc) is 2.92. The first-order chi connectivity index (χ1) is 18.6. The van der Waals surface area contributed by atoms with Gasteiger partial charge in [-0.25, -0.2) is 5.48 Å². The molecule has 0 heterocycles. The highest BCUT2D eigenvalue weighted by Crippen LogP contribution is 2.26. The number of benzene rings is 2. The fourth-order valence-electron chi connectivity index (χ4n) is 4.27. The Bertz CT molecular complexity index is 1060. The van der Waals surface area contributed by atoms with Crippen molar-refractivity contribution in [2.24, 2.45) is 23.7 Å². The number of nitrogens with zero attached hydrogens (tertiary/aromatic N) is 1. The largest absolute Gasteiger partial charge is 0.364 e. The van der Waals surface area contributed by atoms with Crippen LogP contribution >= 0.6 is 0 Å². The lowest BCUT2D eigenvalue weighted by atomic mass is 9.82. The molecule has 0 bridgehead atoms. The first-order valence-corrected chi connectivity index (χ1v) is 13.5. The van der Waals surface area contributed by atoms with Gasteiger partial charge in [0.1, 0.15) is 6.10 Å². The Labute approximate surface area is 232 Å². The van der Waals surface area contributed by atoms with Gasteiger partial charge >= 0.3 is 0 Å². The number of carbonyl (C=O) groups is 3. The maximum Gasteiger partial charge on any atom is 0.269 e. The lowest BCUT2D eigenvalue weighted by Gasteiger charge is -2.31. The zero-order valence-electron chi connectivity index (χ0n) is 23.7. The van der Waals surface area contributed by atoms with E-state index in [1.165, 1.54) is 5.01 Å². The maximum atomic E-state index is 13.6. The third-order valence-corrected chi connectivity index (χ3v) is 6.24. The molecule has 8 heteroatoms. The molecule has 0 radical (unpaired) electrons. The van der Waals surface area contributed by atoms with Crippen LogP contribution in [0.5, 0.6) is 0 Å².